The molecule has 0 bridgehead atoms. The first-order valence-electron chi connectivity index (χ1n) is 23.3. The lowest BCUT2D eigenvalue weighted by molar-refractivity contribution is -0.0211. The van der Waals surface area contributed by atoms with E-state index < -0.39 is 18.4 Å². The number of amides is 3. The minimum atomic E-state index is -0.730. The Morgan fingerprint density at radius 3 is 1.78 bits per heavy atom. The highest BCUT2D eigenvalue weighted by Crippen LogP contribution is 2.45. The summed E-state index contributed by atoms with van der Waals surface area (Å²) in [6, 6.07) is 22.2. The summed E-state index contributed by atoms with van der Waals surface area (Å²) in [6.07, 6.45) is 1.81. The summed E-state index contributed by atoms with van der Waals surface area (Å²) in [4.78, 5) is 46.8. The van der Waals surface area contributed by atoms with Crippen molar-refractivity contribution in [2.24, 2.45) is 0 Å². The lowest BCUT2D eigenvalue weighted by Crippen LogP contribution is -2.51. The van der Waals surface area contributed by atoms with Crippen LogP contribution in [0.25, 0.3) is 11.1 Å². The van der Waals surface area contributed by atoms with Crippen LogP contribution in [-0.4, -0.2) is 131 Å². The van der Waals surface area contributed by atoms with Crippen molar-refractivity contribution < 1.29 is 47.5 Å². The predicted octanol–water partition coefficient (Wildman–Crippen LogP) is 6.59. The average molecular weight is 929 g/mol. The Morgan fingerprint density at radius 2 is 1.24 bits per heavy atom. The number of hydrogen-bond donors (Lipinski definition) is 3. The number of anilines is 2. The van der Waals surface area contributed by atoms with Crippen molar-refractivity contribution in [3.05, 3.63) is 119 Å². The summed E-state index contributed by atoms with van der Waals surface area (Å²) in [6.45, 7) is 11.9. The van der Waals surface area contributed by atoms with Crippen LogP contribution in [0.2, 0.25) is 0 Å². The molecule has 4 aliphatic heterocycles. The molecule has 3 amide bonds. The molecule has 5 aliphatic rings. The first-order chi connectivity index (χ1) is 33.0. The minimum Gasteiger partial charge on any atom is -0.493 e. The van der Waals surface area contributed by atoms with E-state index in [0.29, 0.717) is 99.4 Å². The van der Waals surface area contributed by atoms with E-state index in [2.05, 4.69) is 42.7 Å². The molecule has 68 heavy (non-hydrogen) atoms. The number of carbonyl (C=O) groups excluding carboxylic acids is 3. The van der Waals surface area contributed by atoms with Gasteiger partial charge in [0.25, 0.3) is 11.8 Å². The van der Waals surface area contributed by atoms with Crippen LogP contribution in [0, 0.1) is 0 Å². The van der Waals surface area contributed by atoms with E-state index in [0.717, 1.165) is 46.4 Å². The van der Waals surface area contributed by atoms with E-state index in [9.17, 15) is 14.4 Å². The molecule has 0 radical (unpaired) electrons. The van der Waals surface area contributed by atoms with Gasteiger partial charge in [0.15, 0.2) is 29.2 Å². The van der Waals surface area contributed by atoms with Crippen LogP contribution < -0.4 is 35.7 Å². The predicted molar refractivity (Wildman–Crippen MR) is 256 cm³/mol. The lowest BCUT2D eigenvalue weighted by Gasteiger charge is -2.33. The van der Waals surface area contributed by atoms with Gasteiger partial charge in [-0.05, 0) is 66.5 Å². The molecule has 358 valence electrons. The van der Waals surface area contributed by atoms with Gasteiger partial charge < -0.3 is 54.4 Å². The topological polar surface area (TPSA) is 190 Å². The van der Waals surface area contributed by atoms with Crippen molar-refractivity contribution in [1.29, 1.82) is 0 Å². The quantitative estimate of drug-likeness (QED) is 0.0621. The molecule has 4 saturated heterocycles. The molecular formula is C52H60N6O10. The van der Waals surface area contributed by atoms with Gasteiger partial charge in [-0.3, -0.25) is 19.8 Å². The SMILES string of the molecule is C=C1C[C@@H](C2NCCO2)N(C(=O)c2cc(OC)c(OCCCCCOc3cc(N)c(C(=O)N4CC(=C)C[C@H]4C4OCCN4C(=O)OCC4c5ccccc5-c5ccccc54)cc3OC)cc2N)C1. The summed E-state index contributed by atoms with van der Waals surface area (Å²) in [7, 11) is 3.04. The van der Waals surface area contributed by atoms with Crippen molar-refractivity contribution in [2.45, 2.75) is 62.6 Å². The molecule has 4 fully saturated rings. The monoisotopic (exact) mass is 928 g/mol. The Bertz CT molecular complexity index is 2530. The van der Waals surface area contributed by atoms with Crippen LogP contribution in [-0.2, 0) is 14.2 Å². The maximum absolute atomic E-state index is 14.3. The Kier molecular flexibility index (Phi) is 13.8. The van der Waals surface area contributed by atoms with Crippen LogP contribution in [0.5, 0.6) is 23.0 Å². The van der Waals surface area contributed by atoms with Crippen molar-refractivity contribution in [3.63, 3.8) is 0 Å². The number of likely N-dealkylation sites (tertiary alicyclic amines) is 2. The number of ether oxygens (including phenoxy) is 7. The number of fused-ring (bicyclic) bond motifs is 3. The molecule has 9 rings (SSSR count). The highest BCUT2D eigenvalue weighted by Gasteiger charge is 2.46. The van der Waals surface area contributed by atoms with Gasteiger partial charge in [-0.1, -0.05) is 72.8 Å². The third-order valence-electron chi connectivity index (χ3n) is 13.5. The normalized spacial score (nSPS) is 21.0. The number of nitrogens with two attached hydrogens (primary N) is 2. The van der Waals surface area contributed by atoms with Gasteiger partial charge >= 0.3 is 6.09 Å². The van der Waals surface area contributed by atoms with Gasteiger partial charge in [0.2, 0.25) is 0 Å². The van der Waals surface area contributed by atoms with Gasteiger partial charge in [0, 0.05) is 49.1 Å². The largest absolute Gasteiger partial charge is 0.493 e. The van der Waals surface area contributed by atoms with Crippen LogP contribution in [0.3, 0.4) is 0 Å². The average Bonchev–Trinajstić information content (AvgIpc) is 4.21. The zero-order valence-electron chi connectivity index (χ0n) is 38.7. The lowest BCUT2D eigenvalue weighted by atomic mass is 9.98. The molecule has 4 atom stereocenters. The smallest absolute Gasteiger partial charge is 0.412 e. The number of benzene rings is 4. The number of methoxy groups -OCH3 is 2. The maximum atomic E-state index is 14.3. The van der Waals surface area contributed by atoms with Crippen LogP contribution in [0.15, 0.2) is 97.1 Å². The third kappa shape index (κ3) is 9.27. The van der Waals surface area contributed by atoms with Gasteiger partial charge in [0.1, 0.15) is 12.8 Å². The van der Waals surface area contributed by atoms with Crippen molar-refractivity contribution in [1.82, 2.24) is 20.0 Å². The van der Waals surface area contributed by atoms with Gasteiger partial charge in [-0.25, -0.2) is 4.79 Å². The van der Waals surface area contributed by atoms with E-state index in [1.165, 1.54) is 14.2 Å². The maximum Gasteiger partial charge on any atom is 0.412 e. The summed E-state index contributed by atoms with van der Waals surface area (Å²) < 4.78 is 41.5. The fraction of sp³-hybridized carbons (Fsp3) is 0.404. The third-order valence-corrected chi connectivity index (χ3v) is 13.5. The Labute approximate surface area is 396 Å². The van der Waals surface area contributed by atoms with Gasteiger partial charge in [0.05, 0.1) is 70.4 Å². The fourth-order valence-corrected chi connectivity index (χ4v) is 10.1. The number of unbranched alkanes of at least 4 members (excludes halogenated alkanes) is 2. The molecule has 0 aromatic heterocycles. The fourth-order valence-electron chi connectivity index (χ4n) is 10.1. The Balaban J connectivity index is 0.767. The zero-order chi connectivity index (χ0) is 47.5. The number of rotatable bonds is 16. The zero-order valence-corrected chi connectivity index (χ0v) is 38.7. The van der Waals surface area contributed by atoms with Crippen LogP contribution >= 0.6 is 0 Å². The van der Waals surface area contributed by atoms with Crippen molar-refractivity contribution in [3.8, 4) is 34.1 Å². The molecule has 4 aromatic rings. The standard InChI is InChI=1S/C52H60N6O10/c1-31-22-42(48-55-16-20-66-48)57(28-31)49(59)37-24-44(62-3)46(26-40(37)53)64-18-10-5-11-19-65-47-27-41(54)38(25-45(47)63-4)50(60)58-29-32(2)23-43(58)51-56(17-21-67-51)52(61)68-30-39-35-14-8-6-12-33(35)34-13-7-9-15-36(34)39/h6-9,12-15,24-27,39,42-43,48,51,55H,1-2,5,10-11,16-23,28-30,53-54H2,3-4H3/t42-,43-,48?,51?/m0/s1. The highest BCUT2D eigenvalue weighted by atomic mass is 16.6. The van der Waals surface area contributed by atoms with E-state index in [4.69, 9.17) is 44.6 Å². The summed E-state index contributed by atoms with van der Waals surface area (Å²) in [5.41, 5.74) is 20.4. The van der Waals surface area contributed by atoms with E-state index in [1.807, 2.05) is 24.3 Å². The molecule has 0 saturated carbocycles. The second-order valence-electron chi connectivity index (χ2n) is 17.9. The van der Waals surface area contributed by atoms with Crippen LogP contribution in [0.1, 0.15) is 69.9 Å². The van der Waals surface area contributed by atoms with Gasteiger partial charge in [-0.2, -0.15) is 0 Å². The number of nitrogens with one attached hydrogen (secondary N) is 1. The number of nitrogens with zero attached hydrogens (tertiary/aromatic N) is 3. The molecule has 16 heteroatoms. The molecule has 1 aliphatic carbocycles. The first kappa shape index (κ1) is 46.4. The molecule has 4 aromatic carbocycles. The second-order valence-corrected chi connectivity index (χ2v) is 17.9. The minimum absolute atomic E-state index is 0.0879. The van der Waals surface area contributed by atoms with Gasteiger partial charge in [-0.15, -0.1) is 0 Å². The van der Waals surface area contributed by atoms with E-state index >= 15 is 0 Å². The number of hydrogen-bond acceptors (Lipinski definition) is 13. The summed E-state index contributed by atoms with van der Waals surface area (Å²) >= 11 is 0. The molecule has 0 spiro atoms. The highest BCUT2D eigenvalue weighted by molar-refractivity contribution is 6.01. The Hall–Kier alpha value is -6.75. The first-order valence-corrected chi connectivity index (χ1v) is 23.3. The number of carbonyl (C=O) groups is 3. The molecule has 4 heterocycles. The van der Waals surface area contributed by atoms with Crippen LogP contribution in [0.4, 0.5) is 16.2 Å². The summed E-state index contributed by atoms with van der Waals surface area (Å²) in [5.74, 6) is 0.992. The molecule has 16 nitrogen and oxygen atoms in total. The number of nitrogen functional groups attached to an aromatic ring is 2. The molecule has 2 unspecified atom stereocenters. The Morgan fingerprint density at radius 1 is 0.691 bits per heavy atom. The van der Waals surface area contributed by atoms with Crippen molar-refractivity contribution >= 4 is 29.3 Å². The summed E-state index contributed by atoms with van der Waals surface area (Å²) in [5, 5.41) is 3.32. The van der Waals surface area contributed by atoms with E-state index in [-0.39, 0.29) is 54.4 Å². The van der Waals surface area contributed by atoms with Crippen molar-refractivity contribution in [2.75, 3.05) is 84.9 Å². The molecular weight excluding hydrogens is 869 g/mol. The second kappa shape index (κ2) is 20.2. The van der Waals surface area contributed by atoms with E-state index in [1.54, 1.807) is 39.0 Å². The molecule has 5 N–H and O–H groups in total.